The molecule has 1 saturated carbocycles. The third-order valence-electron chi connectivity index (χ3n) is 4.10. The summed E-state index contributed by atoms with van der Waals surface area (Å²) in [5.41, 5.74) is 1.42. The predicted molar refractivity (Wildman–Crippen MR) is 77.6 cm³/mol. The molecule has 1 aliphatic carbocycles. The highest BCUT2D eigenvalue weighted by Gasteiger charge is 2.29. The van der Waals surface area contributed by atoms with Crippen LogP contribution in [0.5, 0.6) is 5.75 Å². The van der Waals surface area contributed by atoms with Crippen LogP contribution in [-0.2, 0) is 0 Å². The molecule has 0 amide bonds. The van der Waals surface area contributed by atoms with E-state index in [1.165, 1.54) is 18.4 Å². The van der Waals surface area contributed by atoms with Gasteiger partial charge < -0.3 is 15.2 Å². The van der Waals surface area contributed by atoms with Gasteiger partial charge in [-0.3, -0.25) is 0 Å². The number of hydrogen-bond acceptors (Lipinski definition) is 3. The Hall–Kier alpha value is -1.06. The lowest BCUT2D eigenvalue weighted by Crippen LogP contribution is -2.42. The topological polar surface area (TPSA) is 41.5 Å². The van der Waals surface area contributed by atoms with Gasteiger partial charge in [-0.1, -0.05) is 19.1 Å². The first kappa shape index (κ1) is 14.4. The summed E-state index contributed by atoms with van der Waals surface area (Å²) in [6.07, 6.45) is 3.33. The predicted octanol–water partition coefficient (Wildman–Crippen LogP) is 2.55. The van der Waals surface area contributed by atoms with E-state index in [0.29, 0.717) is 24.5 Å². The fourth-order valence-electron chi connectivity index (χ4n) is 2.62. The quantitative estimate of drug-likeness (QED) is 0.794. The molecule has 2 N–H and O–H groups in total. The third-order valence-corrected chi connectivity index (χ3v) is 4.10. The van der Waals surface area contributed by atoms with Crippen molar-refractivity contribution in [3.63, 3.8) is 0 Å². The SMILES string of the molecule is COc1ccc(C2CC(NCC(C)CCO)C2)cc1. The number of benzene rings is 1. The fraction of sp³-hybridized carbons (Fsp3) is 0.625. The van der Waals surface area contributed by atoms with E-state index in [4.69, 9.17) is 9.84 Å². The second-order valence-electron chi connectivity index (χ2n) is 5.66. The molecule has 2 rings (SSSR count). The van der Waals surface area contributed by atoms with Crippen LogP contribution in [0.15, 0.2) is 24.3 Å². The van der Waals surface area contributed by atoms with Crippen molar-refractivity contribution in [3.8, 4) is 5.75 Å². The first-order valence-electron chi connectivity index (χ1n) is 7.21. The van der Waals surface area contributed by atoms with Gasteiger partial charge in [-0.15, -0.1) is 0 Å². The van der Waals surface area contributed by atoms with Gasteiger partial charge in [0.15, 0.2) is 0 Å². The van der Waals surface area contributed by atoms with E-state index in [-0.39, 0.29) is 0 Å². The van der Waals surface area contributed by atoms with Gasteiger partial charge in [0.05, 0.1) is 7.11 Å². The van der Waals surface area contributed by atoms with Crippen LogP contribution in [0.4, 0.5) is 0 Å². The molecule has 0 bridgehead atoms. The minimum absolute atomic E-state index is 0.294. The first-order valence-corrected chi connectivity index (χ1v) is 7.21. The number of nitrogens with one attached hydrogen (secondary N) is 1. The van der Waals surface area contributed by atoms with Crippen molar-refractivity contribution in [1.82, 2.24) is 5.32 Å². The molecular weight excluding hydrogens is 238 g/mol. The van der Waals surface area contributed by atoms with E-state index in [9.17, 15) is 0 Å². The Bertz CT molecular complexity index is 371. The Kier molecular flexibility index (Phi) is 5.23. The van der Waals surface area contributed by atoms with Crippen molar-refractivity contribution in [3.05, 3.63) is 29.8 Å². The van der Waals surface area contributed by atoms with Gasteiger partial charge in [0.25, 0.3) is 0 Å². The molecule has 1 fully saturated rings. The Labute approximate surface area is 116 Å². The van der Waals surface area contributed by atoms with E-state index in [1.54, 1.807) is 7.11 Å². The lowest BCUT2D eigenvalue weighted by Gasteiger charge is -2.37. The van der Waals surface area contributed by atoms with Gasteiger partial charge >= 0.3 is 0 Å². The number of aliphatic hydroxyl groups excluding tert-OH is 1. The summed E-state index contributed by atoms with van der Waals surface area (Å²) in [6.45, 7) is 3.49. The van der Waals surface area contributed by atoms with Crippen molar-refractivity contribution < 1.29 is 9.84 Å². The van der Waals surface area contributed by atoms with Crippen LogP contribution in [0.25, 0.3) is 0 Å². The summed E-state index contributed by atoms with van der Waals surface area (Å²) < 4.78 is 5.18. The van der Waals surface area contributed by atoms with E-state index in [0.717, 1.165) is 18.7 Å². The van der Waals surface area contributed by atoms with Gasteiger partial charge in [0.1, 0.15) is 5.75 Å². The molecule has 1 unspecified atom stereocenters. The van der Waals surface area contributed by atoms with Crippen molar-refractivity contribution in [2.24, 2.45) is 5.92 Å². The van der Waals surface area contributed by atoms with Gasteiger partial charge in [-0.2, -0.15) is 0 Å². The van der Waals surface area contributed by atoms with E-state index >= 15 is 0 Å². The zero-order valence-electron chi connectivity index (χ0n) is 11.9. The van der Waals surface area contributed by atoms with Crippen LogP contribution in [-0.4, -0.2) is 31.4 Å². The second-order valence-corrected chi connectivity index (χ2v) is 5.66. The molecule has 1 aromatic rings. The summed E-state index contributed by atoms with van der Waals surface area (Å²) in [5, 5.41) is 12.5. The molecule has 0 heterocycles. The van der Waals surface area contributed by atoms with E-state index in [2.05, 4.69) is 24.4 Å². The number of hydrogen-bond donors (Lipinski definition) is 2. The largest absolute Gasteiger partial charge is 0.497 e. The molecule has 106 valence electrons. The summed E-state index contributed by atoms with van der Waals surface area (Å²) in [5.74, 6) is 2.18. The lowest BCUT2D eigenvalue weighted by atomic mass is 9.76. The Morgan fingerprint density at radius 1 is 1.32 bits per heavy atom. The zero-order chi connectivity index (χ0) is 13.7. The van der Waals surface area contributed by atoms with Crippen molar-refractivity contribution in [2.45, 2.75) is 38.1 Å². The summed E-state index contributed by atoms with van der Waals surface area (Å²) in [4.78, 5) is 0. The standard InChI is InChI=1S/C16H25NO2/c1-12(7-8-18)11-17-15-9-14(10-15)13-3-5-16(19-2)6-4-13/h3-6,12,14-15,17-18H,7-11H2,1-2H3. The first-order chi connectivity index (χ1) is 9.22. The number of aliphatic hydroxyl groups is 1. The molecule has 1 aliphatic rings. The van der Waals surface area contributed by atoms with E-state index in [1.807, 2.05) is 12.1 Å². The summed E-state index contributed by atoms with van der Waals surface area (Å²) in [7, 11) is 1.70. The maximum Gasteiger partial charge on any atom is 0.118 e. The van der Waals surface area contributed by atoms with Crippen molar-refractivity contribution in [2.75, 3.05) is 20.3 Å². The average Bonchev–Trinajstić information content (AvgIpc) is 2.38. The Morgan fingerprint density at radius 3 is 2.58 bits per heavy atom. The fourth-order valence-corrected chi connectivity index (χ4v) is 2.62. The number of rotatable bonds is 7. The summed E-state index contributed by atoms with van der Waals surface area (Å²) >= 11 is 0. The van der Waals surface area contributed by atoms with Crippen molar-refractivity contribution in [1.29, 1.82) is 0 Å². The number of methoxy groups -OCH3 is 1. The minimum Gasteiger partial charge on any atom is -0.497 e. The van der Waals surface area contributed by atoms with Gasteiger partial charge in [0.2, 0.25) is 0 Å². The molecule has 19 heavy (non-hydrogen) atoms. The normalized spacial score (nSPS) is 23.7. The van der Waals surface area contributed by atoms with Gasteiger partial charge in [-0.05, 0) is 55.3 Å². The Morgan fingerprint density at radius 2 is 2.00 bits per heavy atom. The Balaban J connectivity index is 1.70. The highest BCUT2D eigenvalue weighted by Crippen LogP contribution is 2.37. The van der Waals surface area contributed by atoms with Gasteiger partial charge in [0, 0.05) is 12.6 Å². The molecule has 0 spiro atoms. The van der Waals surface area contributed by atoms with Crippen LogP contribution >= 0.6 is 0 Å². The molecule has 1 atom stereocenters. The third kappa shape index (κ3) is 3.95. The summed E-state index contributed by atoms with van der Waals surface area (Å²) in [6, 6.07) is 9.08. The monoisotopic (exact) mass is 263 g/mol. The second kappa shape index (κ2) is 6.92. The molecule has 0 radical (unpaired) electrons. The highest BCUT2D eigenvalue weighted by atomic mass is 16.5. The maximum absolute atomic E-state index is 8.87. The van der Waals surface area contributed by atoms with Crippen LogP contribution in [0, 0.1) is 5.92 Å². The molecule has 0 aliphatic heterocycles. The van der Waals surface area contributed by atoms with Crippen LogP contribution in [0.1, 0.15) is 37.7 Å². The number of ether oxygens (including phenoxy) is 1. The molecule has 3 heteroatoms. The van der Waals surface area contributed by atoms with E-state index < -0.39 is 0 Å². The molecule has 1 aromatic carbocycles. The van der Waals surface area contributed by atoms with Crippen LogP contribution < -0.4 is 10.1 Å². The smallest absolute Gasteiger partial charge is 0.118 e. The lowest BCUT2D eigenvalue weighted by molar-refractivity contribution is 0.240. The van der Waals surface area contributed by atoms with Crippen LogP contribution in [0.2, 0.25) is 0 Å². The average molecular weight is 263 g/mol. The highest BCUT2D eigenvalue weighted by molar-refractivity contribution is 5.30. The maximum atomic E-state index is 8.87. The molecule has 3 nitrogen and oxygen atoms in total. The molecule has 0 saturated heterocycles. The van der Waals surface area contributed by atoms with Gasteiger partial charge in [-0.25, -0.2) is 0 Å². The molecule has 0 aromatic heterocycles. The molecular formula is C16H25NO2. The van der Waals surface area contributed by atoms with Crippen molar-refractivity contribution >= 4 is 0 Å². The zero-order valence-corrected chi connectivity index (χ0v) is 11.9. The minimum atomic E-state index is 0.294. The van der Waals surface area contributed by atoms with Crippen LogP contribution in [0.3, 0.4) is 0 Å².